The van der Waals surface area contributed by atoms with Gasteiger partial charge in [0.2, 0.25) is 5.91 Å². The normalized spacial score (nSPS) is 23.4. The van der Waals surface area contributed by atoms with Gasteiger partial charge in [0.25, 0.3) is 5.91 Å². The van der Waals surface area contributed by atoms with Crippen LogP contribution in [0, 0.1) is 5.92 Å². The molecule has 1 heterocycles. The van der Waals surface area contributed by atoms with Crippen LogP contribution < -0.4 is 10.8 Å². The van der Waals surface area contributed by atoms with Crippen LogP contribution in [0.4, 0.5) is 0 Å². The summed E-state index contributed by atoms with van der Waals surface area (Å²) >= 11 is 3.25. The molecular formula is C8H13BrN2O3. The number of hydrogen-bond acceptors (Lipinski definition) is 3. The van der Waals surface area contributed by atoms with E-state index in [2.05, 4.69) is 31.6 Å². The van der Waals surface area contributed by atoms with E-state index in [1.165, 1.54) is 0 Å². The Morgan fingerprint density at radius 3 is 2.79 bits per heavy atom. The minimum Gasteiger partial charge on any atom is -0.341 e. The van der Waals surface area contributed by atoms with Crippen LogP contribution in [0.2, 0.25) is 0 Å². The Hall–Kier alpha value is -0.620. The van der Waals surface area contributed by atoms with Gasteiger partial charge < -0.3 is 5.32 Å². The Bertz CT molecular complexity index is 245. The van der Waals surface area contributed by atoms with Crippen molar-refractivity contribution in [2.45, 2.75) is 24.7 Å². The fourth-order valence-electron chi connectivity index (χ4n) is 1.00. The van der Waals surface area contributed by atoms with Gasteiger partial charge in [-0.1, -0.05) is 29.8 Å². The second-order valence-corrected chi connectivity index (χ2v) is 4.47. The SMILES string of the molecule is CC(C)C(Br)C(=O)N[C@@H]1CONC1=O. The van der Waals surface area contributed by atoms with Crippen molar-refractivity contribution in [1.29, 1.82) is 0 Å². The summed E-state index contributed by atoms with van der Waals surface area (Å²) in [5.74, 6) is -0.312. The van der Waals surface area contributed by atoms with E-state index in [0.29, 0.717) is 0 Å². The first-order valence-corrected chi connectivity index (χ1v) is 5.30. The van der Waals surface area contributed by atoms with E-state index < -0.39 is 6.04 Å². The fourth-order valence-corrected chi connectivity index (χ4v) is 1.14. The lowest BCUT2D eigenvalue weighted by Gasteiger charge is -2.15. The van der Waals surface area contributed by atoms with Gasteiger partial charge in [-0.3, -0.25) is 14.4 Å². The molecular weight excluding hydrogens is 252 g/mol. The highest BCUT2D eigenvalue weighted by molar-refractivity contribution is 9.10. The third kappa shape index (κ3) is 2.68. The van der Waals surface area contributed by atoms with E-state index in [-0.39, 0.29) is 29.2 Å². The van der Waals surface area contributed by atoms with E-state index in [1.54, 1.807) is 0 Å². The second kappa shape index (κ2) is 4.75. The third-order valence-electron chi connectivity index (χ3n) is 1.89. The van der Waals surface area contributed by atoms with Gasteiger partial charge in [-0.05, 0) is 5.92 Å². The van der Waals surface area contributed by atoms with Gasteiger partial charge in [0.15, 0.2) is 0 Å². The molecule has 2 atom stereocenters. The minimum atomic E-state index is -0.568. The Labute approximate surface area is 90.6 Å². The molecule has 0 saturated carbocycles. The average molecular weight is 265 g/mol. The van der Waals surface area contributed by atoms with Gasteiger partial charge in [-0.2, -0.15) is 0 Å². The minimum absolute atomic E-state index is 0.181. The van der Waals surface area contributed by atoms with E-state index in [9.17, 15) is 9.59 Å². The molecule has 5 nitrogen and oxygen atoms in total. The lowest BCUT2D eigenvalue weighted by Crippen LogP contribution is -2.45. The van der Waals surface area contributed by atoms with E-state index in [4.69, 9.17) is 0 Å². The largest absolute Gasteiger partial charge is 0.341 e. The maximum Gasteiger partial charge on any atom is 0.268 e. The predicted molar refractivity (Wildman–Crippen MR) is 53.6 cm³/mol. The summed E-state index contributed by atoms with van der Waals surface area (Å²) in [5, 5.41) is 2.59. The lowest BCUT2D eigenvalue weighted by molar-refractivity contribution is -0.128. The predicted octanol–water partition coefficient (Wildman–Crippen LogP) is -0.0479. The number of rotatable bonds is 3. The first kappa shape index (κ1) is 11.5. The van der Waals surface area contributed by atoms with E-state index in [1.807, 2.05) is 13.8 Å². The zero-order valence-corrected chi connectivity index (χ0v) is 9.63. The maximum absolute atomic E-state index is 11.5. The topological polar surface area (TPSA) is 67.4 Å². The Morgan fingerprint density at radius 2 is 2.36 bits per heavy atom. The molecule has 1 saturated heterocycles. The number of hydroxylamine groups is 1. The van der Waals surface area contributed by atoms with Gasteiger partial charge in [-0.15, -0.1) is 0 Å². The number of halogens is 1. The van der Waals surface area contributed by atoms with Crippen molar-refractivity contribution in [3.05, 3.63) is 0 Å². The summed E-state index contributed by atoms with van der Waals surface area (Å²) in [5.41, 5.74) is 2.17. The van der Waals surface area contributed by atoms with Gasteiger partial charge in [-0.25, -0.2) is 5.48 Å². The van der Waals surface area contributed by atoms with Crippen molar-refractivity contribution in [3.63, 3.8) is 0 Å². The molecule has 1 rings (SSSR count). The molecule has 0 aromatic rings. The molecule has 0 aromatic carbocycles. The van der Waals surface area contributed by atoms with Crippen LogP contribution in [0.3, 0.4) is 0 Å². The summed E-state index contributed by atoms with van der Waals surface area (Å²) in [6.45, 7) is 4.02. The van der Waals surface area contributed by atoms with Crippen LogP contribution in [-0.4, -0.2) is 29.3 Å². The molecule has 1 aliphatic heterocycles. The average Bonchev–Trinajstić information content (AvgIpc) is 2.50. The number of carbonyl (C=O) groups excluding carboxylic acids is 2. The maximum atomic E-state index is 11.5. The Kier molecular flexibility index (Phi) is 3.88. The van der Waals surface area contributed by atoms with Crippen LogP contribution in [0.1, 0.15) is 13.8 Å². The standard InChI is InChI=1S/C8H13BrN2O3/c1-4(2)6(9)8(13)10-5-3-14-11-7(5)12/h4-6H,3H2,1-2H3,(H,10,13)(H,11,12)/t5-,6?/m1/s1. The molecule has 2 amide bonds. The zero-order valence-electron chi connectivity index (χ0n) is 8.04. The quantitative estimate of drug-likeness (QED) is 0.703. The molecule has 0 bridgehead atoms. The number of alkyl halides is 1. The molecule has 2 N–H and O–H groups in total. The highest BCUT2D eigenvalue weighted by Crippen LogP contribution is 2.12. The van der Waals surface area contributed by atoms with Gasteiger partial charge in [0.1, 0.15) is 12.6 Å². The van der Waals surface area contributed by atoms with Crippen molar-refractivity contribution in [2.24, 2.45) is 5.92 Å². The molecule has 6 heteroatoms. The highest BCUT2D eigenvalue weighted by Gasteiger charge is 2.29. The highest BCUT2D eigenvalue weighted by atomic mass is 79.9. The molecule has 1 unspecified atom stereocenters. The molecule has 1 fully saturated rings. The molecule has 1 aliphatic rings. The number of nitrogens with one attached hydrogen (secondary N) is 2. The molecule has 0 radical (unpaired) electrons. The van der Waals surface area contributed by atoms with Crippen LogP contribution in [-0.2, 0) is 14.4 Å². The van der Waals surface area contributed by atoms with Crippen molar-refractivity contribution in [1.82, 2.24) is 10.8 Å². The number of carbonyl (C=O) groups is 2. The van der Waals surface area contributed by atoms with Gasteiger partial charge >= 0.3 is 0 Å². The fraction of sp³-hybridized carbons (Fsp3) is 0.750. The van der Waals surface area contributed by atoms with E-state index in [0.717, 1.165) is 0 Å². The summed E-state index contributed by atoms with van der Waals surface area (Å²) in [4.78, 5) is 26.9. The summed E-state index contributed by atoms with van der Waals surface area (Å²) in [7, 11) is 0. The summed E-state index contributed by atoms with van der Waals surface area (Å²) in [6.07, 6.45) is 0. The molecule has 0 aromatic heterocycles. The lowest BCUT2D eigenvalue weighted by atomic mass is 10.1. The smallest absolute Gasteiger partial charge is 0.268 e. The Morgan fingerprint density at radius 1 is 1.71 bits per heavy atom. The second-order valence-electron chi connectivity index (χ2n) is 3.48. The van der Waals surface area contributed by atoms with Crippen molar-refractivity contribution in [2.75, 3.05) is 6.61 Å². The van der Waals surface area contributed by atoms with Gasteiger partial charge in [0.05, 0.1) is 4.83 Å². The zero-order chi connectivity index (χ0) is 10.7. The molecule has 0 spiro atoms. The molecule has 80 valence electrons. The monoisotopic (exact) mass is 264 g/mol. The summed E-state index contributed by atoms with van der Waals surface area (Å²) in [6, 6.07) is -0.568. The van der Waals surface area contributed by atoms with E-state index >= 15 is 0 Å². The van der Waals surface area contributed by atoms with Crippen LogP contribution in [0.25, 0.3) is 0 Å². The summed E-state index contributed by atoms with van der Waals surface area (Å²) < 4.78 is 0. The number of hydrogen-bond donors (Lipinski definition) is 2. The van der Waals surface area contributed by atoms with Gasteiger partial charge in [0, 0.05) is 0 Å². The molecule has 0 aliphatic carbocycles. The van der Waals surface area contributed by atoms with Crippen LogP contribution in [0.5, 0.6) is 0 Å². The van der Waals surface area contributed by atoms with Crippen molar-refractivity contribution < 1.29 is 14.4 Å². The first-order chi connectivity index (χ1) is 6.52. The van der Waals surface area contributed by atoms with Crippen LogP contribution >= 0.6 is 15.9 Å². The van der Waals surface area contributed by atoms with Crippen molar-refractivity contribution >= 4 is 27.7 Å². The van der Waals surface area contributed by atoms with Crippen LogP contribution in [0.15, 0.2) is 0 Å². The number of amides is 2. The van der Waals surface area contributed by atoms with Crippen molar-refractivity contribution in [3.8, 4) is 0 Å². The Balaban J connectivity index is 2.44. The first-order valence-electron chi connectivity index (χ1n) is 4.38. The third-order valence-corrected chi connectivity index (χ3v) is 3.36. The molecule has 14 heavy (non-hydrogen) atoms.